The lowest BCUT2D eigenvalue weighted by molar-refractivity contribution is -0.116. The van der Waals surface area contributed by atoms with E-state index in [1.807, 2.05) is 30.0 Å². The summed E-state index contributed by atoms with van der Waals surface area (Å²) in [5.74, 6) is -0.230. The third kappa shape index (κ3) is 3.73. The normalized spacial score (nSPS) is 15.2. The van der Waals surface area contributed by atoms with Gasteiger partial charge in [0, 0.05) is 11.7 Å². The van der Waals surface area contributed by atoms with Gasteiger partial charge in [-0.05, 0) is 53.6 Å². The fourth-order valence-electron chi connectivity index (χ4n) is 3.45. The van der Waals surface area contributed by atoms with Gasteiger partial charge in [-0.25, -0.2) is 4.79 Å². The number of ether oxygens (including phenoxy) is 1. The van der Waals surface area contributed by atoms with E-state index in [0.717, 1.165) is 12.1 Å². The average molecular weight is 409 g/mol. The quantitative estimate of drug-likeness (QED) is 0.472. The van der Waals surface area contributed by atoms with Crippen LogP contribution in [0.5, 0.6) is 0 Å². The molecule has 0 bridgehead atoms. The molecule has 0 spiro atoms. The van der Waals surface area contributed by atoms with Crippen molar-refractivity contribution in [3.63, 3.8) is 0 Å². The Kier molecular flexibility index (Phi) is 5.30. The predicted octanol–water partition coefficient (Wildman–Crippen LogP) is 2.52. The van der Waals surface area contributed by atoms with Crippen molar-refractivity contribution in [2.45, 2.75) is 24.5 Å². The number of fused-ring (bicyclic) bond motifs is 1. The van der Waals surface area contributed by atoms with E-state index in [2.05, 4.69) is 21.6 Å². The molecule has 2 heterocycles. The molecule has 3 aromatic rings. The van der Waals surface area contributed by atoms with Crippen molar-refractivity contribution in [1.29, 1.82) is 0 Å². The number of para-hydroxylation sites is 1. The number of rotatable bonds is 5. The van der Waals surface area contributed by atoms with Gasteiger partial charge in [0.05, 0.1) is 24.1 Å². The summed E-state index contributed by atoms with van der Waals surface area (Å²) < 4.78 is 6.26. The zero-order chi connectivity index (χ0) is 20.4. The molecule has 1 aliphatic heterocycles. The maximum atomic E-state index is 12.9. The fourth-order valence-corrected chi connectivity index (χ4v) is 4.20. The van der Waals surface area contributed by atoms with Gasteiger partial charge in [-0.15, -0.1) is 5.10 Å². The Hall–Kier alpha value is -3.20. The van der Waals surface area contributed by atoms with Crippen molar-refractivity contribution in [3.8, 4) is 5.69 Å². The van der Waals surface area contributed by atoms with E-state index < -0.39 is 5.97 Å². The molecule has 9 heteroatoms. The third-order valence-electron chi connectivity index (χ3n) is 4.75. The number of carbonyl (C=O) groups excluding carboxylic acids is 2. The Morgan fingerprint density at radius 2 is 2.03 bits per heavy atom. The van der Waals surface area contributed by atoms with Crippen LogP contribution in [0, 0.1) is 0 Å². The van der Waals surface area contributed by atoms with Gasteiger partial charge in [-0.3, -0.25) is 4.79 Å². The largest absolute Gasteiger partial charge is 0.465 e. The number of esters is 1. The number of nitrogens with zero attached hydrogens (tertiary/aromatic N) is 5. The Balaban J connectivity index is 1.51. The standard InChI is InChI=1S/C20H19N5O3S/c1-13-10-14-6-3-4-9-17(14)24(13)18(26)12-29-20-21-22-23-25(20)16-8-5-7-15(11-16)19(27)28-2/h3-9,11,13H,10,12H2,1-2H3. The number of carbonyl (C=O) groups is 2. The molecule has 1 amide bonds. The second-order valence-electron chi connectivity index (χ2n) is 6.65. The maximum absolute atomic E-state index is 12.9. The van der Waals surface area contributed by atoms with Gasteiger partial charge < -0.3 is 9.64 Å². The second kappa shape index (κ2) is 8.04. The number of aromatic nitrogens is 4. The van der Waals surface area contributed by atoms with E-state index in [1.54, 1.807) is 24.3 Å². The van der Waals surface area contributed by atoms with Crippen LogP contribution in [0.1, 0.15) is 22.8 Å². The van der Waals surface area contributed by atoms with Crippen LogP contribution in [0.2, 0.25) is 0 Å². The van der Waals surface area contributed by atoms with Gasteiger partial charge in [-0.2, -0.15) is 4.68 Å². The number of tetrazole rings is 1. The van der Waals surface area contributed by atoms with E-state index in [1.165, 1.54) is 29.1 Å². The summed E-state index contributed by atoms with van der Waals surface area (Å²) in [6.07, 6.45) is 0.852. The van der Waals surface area contributed by atoms with Crippen LogP contribution in [0.15, 0.2) is 53.7 Å². The highest BCUT2D eigenvalue weighted by atomic mass is 32.2. The number of hydrogen-bond acceptors (Lipinski definition) is 7. The Labute approximate surface area is 171 Å². The molecule has 2 aromatic carbocycles. The predicted molar refractivity (Wildman–Crippen MR) is 108 cm³/mol. The molecule has 0 saturated carbocycles. The summed E-state index contributed by atoms with van der Waals surface area (Å²) in [4.78, 5) is 26.5. The molecular formula is C20H19N5O3S. The molecule has 8 nitrogen and oxygen atoms in total. The second-order valence-corrected chi connectivity index (χ2v) is 7.59. The lowest BCUT2D eigenvalue weighted by atomic mass is 10.1. The van der Waals surface area contributed by atoms with Gasteiger partial charge in [0.15, 0.2) is 0 Å². The third-order valence-corrected chi connectivity index (χ3v) is 5.66. The van der Waals surface area contributed by atoms with Crippen molar-refractivity contribution in [2.75, 3.05) is 17.8 Å². The number of amides is 1. The van der Waals surface area contributed by atoms with Crippen molar-refractivity contribution < 1.29 is 14.3 Å². The SMILES string of the molecule is COC(=O)c1cccc(-n2nnnc2SCC(=O)N2c3ccccc3CC2C)c1. The Morgan fingerprint density at radius 1 is 1.21 bits per heavy atom. The molecular weight excluding hydrogens is 390 g/mol. The monoisotopic (exact) mass is 409 g/mol. The lowest BCUT2D eigenvalue weighted by Gasteiger charge is -2.22. The molecule has 1 aliphatic rings. The first-order chi connectivity index (χ1) is 14.1. The average Bonchev–Trinajstić information content (AvgIpc) is 3.34. The first kappa shape index (κ1) is 19.1. The fraction of sp³-hybridized carbons (Fsp3) is 0.250. The van der Waals surface area contributed by atoms with Crippen molar-refractivity contribution in [3.05, 3.63) is 59.7 Å². The number of anilines is 1. The van der Waals surface area contributed by atoms with Crippen molar-refractivity contribution >= 4 is 29.3 Å². The first-order valence-corrected chi connectivity index (χ1v) is 10.1. The number of thioether (sulfide) groups is 1. The Bertz CT molecular complexity index is 1070. The summed E-state index contributed by atoms with van der Waals surface area (Å²) in [5, 5.41) is 12.2. The number of methoxy groups -OCH3 is 1. The molecule has 1 atom stereocenters. The summed E-state index contributed by atoms with van der Waals surface area (Å²) in [6, 6.07) is 14.9. The van der Waals surface area contributed by atoms with Crippen LogP contribution < -0.4 is 4.90 Å². The number of hydrogen-bond donors (Lipinski definition) is 0. The van der Waals surface area contributed by atoms with Gasteiger partial charge in [0.25, 0.3) is 0 Å². The summed E-state index contributed by atoms with van der Waals surface area (Å²) in [5.41, 5.74) is 3.17. The highest BCUT2D eigenvalue weighted by Gasteiger charge is 2.30. The van der Waals surface area contributed by atoms with Crippen LogP contribution in [0.25, 0.3) is 5.69 Å². The molecule has 4 rings (SSSR count). The molecule has 0 radical (unpaired) electrons. The molecule has 1 unspecified atom stereocenters. The highest BCUT2D eigenvalue weighted by molar-refractivity contribution is 7.99. The van der Waals surface area contributed by atoms with E-state index in [0.29, 0.717) is 16.4 Å². The topological polar surface area (TPSA) is 90.2 Å². The molecule has 0 fully saturated rings. The van der Waals surface area contributed by atoms with Gasteiger partial charge in [0.2, 0.25) is 11.1 Å². The zero-order valence-corrected chi connectivity index (χ0v) is 16.8. The maximum Gasteiger partial charge on any atom is 0.337 e. The molecule has 0 aliphatic carbocycles. The van der Waals surface area contributed by atoms with Crippen LogP contribution in [0.4, 0.5) is 5.69 Å². The summed E-state index contributed by atoms with van der Waals surface area (Å²) in [7, 11) is 1.33. The van der Waals surface area contributed by atoms with Crippen LogP contribution in [-0.2, 0) is 16.0 Å². The minimum absolute atomic E-state index is 0.00492. The lowest BCUT2D eigenvalue weighted by Crippen LogP contribution is -2.37. The highest BCUT2D eigenvalue weighted by Crippen LogP contribution is 2.32. The molecule has 29 heavy (non-hydrogen) atoms. The molecule has 0 N–H and O–H groups in total. The Morgan fingerprint density at radius 3 is 2.86 bits per heavy atom. The summed E-state index contributed by atoms with van der Waals surface area (Å²) in [6.45, 7) is 2.05. The van der Waals surface area contributed by atoms with Gasteiger partial charge in [0.1, 0.15) is 0 Å². The van der Waals surface area contributed by atoms with Gasteiger partial charge >= 0.3 is 5.97 Å². The molecule has 148 valence electrons. The van der Waals surface area contributed by atoms with E-state index >= 15 is 0 Å². The zero-order valence-electron chi connectivity index (χ0n) is 16.0. The minimum Gasteiger partial charge on any atom is -0.465 e. The van der Waals surface area contributed by atoms with E-state index in [4.69, 9.17) is 4.74 Å². The van der Waals surface area contributed by atoms with Crippen LogP contribution >= 0.6 is 11.8 Å². The van der Waals surface area contributed by atoms with Crippen LogP contribution in [0.3, 0.4) is 0 Å². The van der Waals surface area contributed by atoms with E-state index in [9.17, 15) is 9.59 Å². The number of benzene rings is 2. The van der Waals surface area contributed by atoms with Gasteiger partial charge in [-0.1, -0.05) is 36.0 Å². The van der Waals surface area contributed by atoms with Crippen molar-refractivity contribution in [1.82, 2.24) is 20.2 Å². The molecule has 1 aromatic heterocycles. The van der Waals surface area contributed by atoms with Crippen LogP contribution in [-0.4, -0.2) is 51.0 Å². The smallest absolute Gasteiger partial charge is 0.337 e. The molecule has 0 saturated heterocycles. The summed E-state index contributed by atoms with van der Waals surface area (Å²) >= 11 is 1.26. The minimum atomic E-state index is -0.439. The van der Waals surface area contributed by atoms with E-state index in [-0.39, 0.29) is 17.7 Å². The first-order valence-electron chi connectivity index (χ1n) is 9.08. The van der Waals surface area contributed by atoms with Crippen molar-refractivity contribution in [2.24, 2.45) is 0 Å².